The second-order valence-corrected chi connectivity index (χ2v) is 5.65. The van der Waals surface area contributed by atoms with E-state index in [0.29, 0.717) is 5.92 Å². The van der Waals surface area contributed by atoms with E-state index in [1.165, 1.54) is 11.4 Å². The molecule has 0 aliphatic heterocycles. The summed E-state index contributed by atoms with van der Waals surface area (Å²) in [7, 11) is 0. The van der Waals surface area contributed by atoms with Crippen LogP contribution in [0, 0.1) is 12.8 Å². The van der Waals surface area contributed by atoms with Crippen molar-refractivity contribution in [2.75, 3.05) is 5.32 Å². The molecule has 0 aromatic carbocycles. The van der Waals surface area contributed by atoms with Gasteiger partial charge in [-0.2, -0.15) is 10.2 Å². The summed E-state index contributed by atoms with van der Waals surface area (Å²) in [5.41, 5.74) is 2.39. The number of hydrogen-bond donors (Lipinski definition) is 1. The minimum atomic E-state index is 0.604. The Kier molecular flexibility index (Phi) is 4.82. The van der Waals surface area contributed by atoms with E-state index >= 15 is 0 Å². The number of nitrogens with one attached hydrogen (secondary N) is 1. The molecule has 5 heteroatoms. The van der Waals surface area contributed by atoms with Crippen LogP contribution < -0.4 is 5.32 Å². The Morgan fingerprint density at radius 1 is 1.30 bits per heavy atom. The third-order valence-corrected chi connectivity index (χ3v) is 3.21. The maximum Gasteiger partial charge on any atom is 0.148 e. The fraction of sp³-hybridized carbons (Fsp3) is 0.600. The molecule has 0 unspecified atom stereocenters. The summed E-state index contributed by atoms with van der Waals surface area (Å²) in [6, 6.07) is 4.16. The highest BCUT2D eigenvalue weighted by atomic mass is 15.3. The van der Waals surface area contributed by atoms with E-state index in [9.17, 15) is 0 Å². The molecule has 1 N–H and O–H groups in total. The third kappa shape index (κ3) is 3.62. The number of nitrogens with zero attached hydrogens (tertiary/aromatic N) is 4. The van der Waals surface area contributed by atoms with Gasteiger partial charge in [0.25, 0.3) is 0 Å². The summed E-state index contributed by atoms with van der Waals surface area (Å²) < 4.78 is 4.11. The zero-order chi connectivity index (χ0) is 14.5. The molecule has 0 radical (unpaired) electrons. The largest absolute Gasteiger partial charge is 0.363 e. The van der Waals surface area contributed by atoms with Gasteiger partial charge in [-0.1, -0.05) is 20.8 Å². The molecular formula is C15H25N5. The van der Waals surface area contributed by atoms with E-state index in [4.69, 9.17) is 0 Å². The van der Waals surface area contributed by atoms with Crippen LogP contribution in [-0.4, -0.2) is 19.6 Å². The molecule has 0 saturated carbocycles. The van der Waals surface area contributed by atoms with E-state index in [-0.39, 0.29) is 0 Å². The first-order valence-corrected chi connectivity index (χ1v) is 7.39. The summed E-state index contributed by atoms with van der Waals surface area (Å²) in [4.78, 5) is 0. The van der Waals surface area contributed by atoms with Gasteiger partial charge in [-0.05, 0) is 25.3 Å². The van der Waals surface area contributed by atoms with E-state index < -0.39 is 0 Å². The molecule has 0 fully saturated rings. The predicted octanol–water partition coefficient (Wildman–Crippen LogP) is 3.07. The normalized spacial score (nSPS) is 11.2. The molecule has 20 heavy (non-hydrogen) atoms. The molecule has 2 aromatic rings. The molecule has 0 aliphatic carbocycles. The van der Waals surface area contributed by atoms with E-state index in [1.807, 2.05) is 10.9 Å². The van der Waals surface area contributed by atoms with Crippen molar-refractivity contribution in [1.29, 1.82) is 0 Å². The fourth-order valence-corrected chi connectivity index (χ4v) is 2.23. The van der Waals surface area contributed by atoms with Crippen molar-refractivity contribution >= 4 is 5.82 Å². The van der Waals surface area contributed by atoms with Crippen LogP contribution in [0.3, 0.4) is 0 Å². The Balaban J connectivity index is 1.98. The van der Waals surface area contributed by atoms with Gasteiger partial charge in [0.05, 0.1) is 12.2 Å². The van der Waals surface area contributed by atoms with Crippen molar-refractivity contribution in [3.8, 4) is 0 Å². The van der Waals surface area contributed by atoms with Gasteiger partial charge >= 0.3 is 0 Å². The summed E-state index contributed by atoms with van der Waals surface area (Å²) in [6.07, 6.45) is 2.95. The van der Waals surface area contributed by atoms with Crippen LogP contribution in [0.25, 0.3) is 0 Å². The Morgan fingerprint density at radius 2 is 2.10 bits per heavy atom. The van der Waals surface area contributed by atoms with Gasteiger partial charge in [-0.3, -0.25) is 9.36 Å². The minimum absolute atomic E-state index is 0.604. The molecule has 0 saturated heterocycles. The lowest BCUT2D eigenvalue weighted by Gasteiger charge is -2.08. The standard InChI is InChI=1S/C15H25N5/c1-5-8-19-14(6-7-17-19)10-16-15-9-13(4)20(18-15)11-12(2)3/h6-7,9,12H,5,8,10-11H2,1-4H3,(H,16,18). The average Bonchev–Trinajstić information content (AvgIpc) is 2.95. The first kappa shape index (κ1) is 14.6. The van der Waals surface area contributed by atoms with Crippen LogP contribution in [0.15, 0.2) is 18.3 Å². The zero-order valence-corrected chi connectivity index (χ0v) is 12.9. The molecule has 110 valence electrons. The SMILES string of the molecule is CCCn1nccc1CNc1cc(C)n(CC(C)C)n1. The third-order valence-electron chi connectivity index (χ3n) is 3.21. The number of aryl methyl sites for hydroxylation is 2. The monoisotopic (exact) mass is 275 g/mol. The van der Waals surface area contributed by atoms with Gasteiger partial charge in [0.1, 0.15) is 5.82 Å². The lowest BCUT2D eigenvalue weighted by molar-refractivity contribution is 0.475. The van der Waals surface area contributed by atoms with Gasteiger partial charge in [-0.25, -0.2) is 0 Å². The van der Waals surface area contributed by atoms with Crippen LogP contribution in [0.4, 0.5) is 5.82 Å². The molecule has 2 aromatic heterocycles. The van der Waals surface area contributed by atoms with Gasteiger partial charge < -0.3 is 5.32 Å². The first-order valence-electron chi connectivity index (χ1n) is 7.39. The number of anilines is 1. The van der Waals surface area contributed by atoms with Crippen molar-refractivity contribution in [2.24, 2.45) is 5.92 Å². The smallest absolute Gasteiger partial charge is 0.148 e. The summed E-state index contributed by atoms with van der Waals surface area (Å²) >= 11 is 0. The number of aromatic nitrogens is 4. The number of rotatable bonds is 7. The van der Waals surface area contributed by atoms with Crippen LogP contribution >= 0.6 is 0 Å². The first-order chi connectivity index (χ1) is 9.60. The highest BCUT2D eigenvalue weighted by Gasteiger charge is 2.07. The molecule has 2 rings (SSSR count). The quantitative estimate of drug-likeness (QED) is 0.844. The molecule has 2 heterocycles. The Hall–Kier alpha value is -1.78. The number of hydrogen-bond acceptors (Lipinski definition) is 3. The van der Waals surface area contributed by atoms with Crippen LogP contribution in [-0.2, 0) is 19.6 Å². The molecule has 0 bridgehead atoms. The van der Waals surface area contributed by atoms with Crippen molar-refractivity contribution in [3.05, 3.63) is 29.7 Å². The molecule has 0 amide bonds. The van der Waals surface area contributed by atoms with E-state index in [2.05, 4.69) is 60.0 Å². The summed E-state index contributed by atoms with van der Waals surface area (Å²) in [5.74, 6) is 1.54. The van der Waals surface area contributed by atoms with Crippen molar-refractivity contribution in [3.63, 3.8) is 0 Å². The highest BCUT2D eigenvalue weighted by Crippen LogP contribution is 2.12. The van der Waals surface area contributed by atoms with E-state index in [0.717, 1.165) is 31.9 Å². The van der Waals surface area contributed by atoms with Crippen molar-refractivity contribution in [1.82, 2.24) is 19.6 Å². The molecule has 0 spiro atoms. The van der Waals surface area contributed by atoms with Gasteiger partial charge in [0.15, 0.2) is 0 Å². The van der Waals surface area contributed by atoms with E-state index in [1.54, 1.807) is 0 Å². The summed E-state index contributed by atoms with van der Waals surface area (Å²) in [5, 5.41) is 12.3. The second kappa shape index (κ2) is 6.59. The van der Waals surface area contributed by atoms with Crippen LogP contribution in [0.2, 0.25) is 0 Å². The maximum absolute atomic E-state index is 4.60. The zero-order valence-electron chi connectivity index (χ0n) is 12.9. The topological polar surface area (TPSA) is 47.7 Å². The van der Waals surface area contributed by atoms with Gasteiger partial charge in [-0.15, -0.1) is 0 Å². The second-order valence-electron chi connectivity index (χ2n) is 5.65. The molecule has 0 aliphatic rings. The lowest BCUT2D eigenvalue weighted by Crippen LogP contribution is -2.10. The van der Waals surface area contributed by atoms with Gasteiger partial charge in [0.2, 0.25) is 0 Å². The van der Waals surface area contributed by atoms with Crippen molar-refractivity contribution in [2.45, 2.75) is 53.8 Å². The Morgan fingerprint density at radius 3 is 2.80 bits per heavy atom. The molecular weight excluding hydrogens is 250 g/mol. The average molecular weight is 275 g/mol. The van der Waals surface area contributed by atoms with Gasteiger partial charge in [0, 0.05) is 31.0 Å². The fourth-order valence-electron chi connectivity index (χ4n) is 2.23. The highest BCUT2D eigenvalue weighted by molar-refractivity contribution is 5.36. The maximum atomic E-state index is 4.60. The predicted molar refractivity (Wildman–Crippen MR) is 81.6 cm³/mol. The molecule has 0 atom stereocenters. The lowest BCUT2D eigenvalue weighted by atomic mass is 10.2. The van der Waals surface area contributed by atoms with Crippen LogP contribution in [0.1, 0.15) is 38.6 Å². The Bertz CT molecular complexity index is 538. The van der Waals surface area contributed by atoms with Crippen molar-refractivity contribution < 1.29 is 0 Å². The Labute approximate surface area is 121 Å². The van der Waals surface area contributed by atoms with Crippen LogP contribution in [0.5, 0.6) is 0 Å². The molecule has 5 nitrogen and oxygen atoms in total. The summed E-state index contributed by atoms with van der Waals surface area (Å²) in [6.45, 7) is 11.4. The minimum Gasteiger partial charge on any atom is -0.363 e.